The van der Waals surface area contributed by atoms with Gasteiger partial charge in [-0.05, 0) is 31.2 Å². The smallest absolute Gasteiger partial charge is 0.237 e. The molecule has 0 saturated heterocycles. The Morgan fingerprint density at radius 3 is 2.59 bits per heavy atom. The molecule has 0 aliphatic heterocycles. The van der Waals surface area contributed by atoms with Crippen molar-refractivity contribution in [2.75, 3.05) is 25.4 Å². The lowest BCUT2D eigenvalue weighted by atomic mass is 10.2. The summed E-state index contributed by atoms with van der Waals surface area (Å²) in [5.41, 5.74) is 0.790. The minimum atomic E-state index is -0.539. The van der Waals surface area contributed by atoms with E-state index in [1.807, 2.05) is 0 Å². The van der Waals surface area contributed by atoms with E-state index in [9.17, 15) is 9.18 Å². The number of amides is 1. The van der Waals surface area contributed by atoms with Crippen LogP contribution in [0.2, 0.25) is 0 Å². The Bertz CT molecular complexity index is 1030. The molecule has 1 heterocycles. The largest absolute Gasteiger partial charge is 0.493 e. The van der Waals surface area contributed by atoms with Crippen LogP contribution in [-0.4, -0.2) is 40.3 Å². The standard InChI is InChI=1S/C19H20FN5O3S/c1-11(18(26)22-12-8-9-15(27-2)16(10-12)28-3)29-19-24-23-17(25(19)21)13-6-4-5-7-14(13)20/h4-11H,21H2,1-3H3,(H,22,26)/t11-/m1/s1. The number of methoxy groups -OCH3 is 2. The van der Waals surface area contributed by atoms with Crippen molar-refractivity contribution in [3.63, 3.8) is 0 Å². The number of nitrogens with two attached hydrogens (primary N) is 1. The highest BCUT2D eigenvalue weighted by atomic mass is 32.2. The van der Waals surface area contributed by atoms with Crippen molar-refractivity contribution in [1.29, 1.82) is 0 Å². The number of anilines is 1. The van der Waals surface area contributed by atoms with Gasteiger partial charge in [-0.3, -0.25) is 4.79 Å². The predicted octanol–water partition coefficient (Wildman–Crippen LogP) is 2.93. The molecule has 0 aliphatic carbocycles. The first-order valence-corrected chi connectivity index (χ1v) is 9.47. The molecule has 29 heavy (non-hydrogen) atoms. The third kappa shape index (κ3) is 4.43. The number of carbonyl (C=O) groups excluding carboxylic acids is 1. The predicted molar refractivity (Wildman–Crippen MR) is 109 cm³/mol. The van der Waals surface area contributed by atoms with Crippen LogP contribution in [0.4, 0.5) is 10.1 Å². The maximum Gasteiger partial charge on any atom is 0.237 e. The molecule has 3 rings (SSSR count). The molecule has 1 atom stereocenters. The molecule has 10 heteroatoms. The van der Waals surface area contributed by atoms with E-state index >= 15 is 0 Å². The average Bonchev–Trinajstić information content (AvgIpc) is 3.08. The van der Waals surface area contributed by atoms with Gasteiger partial charge in [-0.1, -0.05) is 23.9 Å². The summed E-state index contributed by atoms with van der Waals surface area (Å²) in [6, 6.07) is 11.2. The van der Waals surface area contributed by atoms with E-state index in [1.54, 1.807) is 43.3 Å². The van der Waals surface area contributed by atoms with E-state index in [4.69, 9.17) is 15.3 Å². The Morgan fingerprint density at radius 2 is 1.90 bits per heavy atom. The van der Waals surface area contributed by atoms with Crippen molar-refractivity contribution in [2.45, 2.75) is 17.3 Å². The van der Waals surface area contributed by atoms with Crippen LogP contribution in [-0.2, 0) is 4.79 Å². The first kappa shape index (κ1) is 20.5. The topological polar surface area (TPSA) is 104 Å². The van der Waals surface area contributed by atoms with Crippen LogP contribution in [0.3, 0.4) is 0 Å². The molecule has 3 N–H and O–H groups in total. The fourth-order valence-electron chi connectivity index (χ4n) is 2.55. The number of ether oxygens (including phenoxy) is 2. The molecule has 0 saturated carbocycles. The fraction of sp³-hybridized carbons (Fsp3) is 0.211. The number of halogens is 1. The van der Waals surface area contributed by atoms with Crippen molar-refractivity contribution < 1.29 is 18.7 Å². The van der Waals surface area contributed by atoms with Crippen LogP contribution < -0.4 is 20.6 Å². The van der Waals surface area contributed by atoms with Crippen LogP contribution in [0.15, 0.2) is 47.6 Å². The summed E-state index contributed by atoms with van der Waals surface area (Å²) in [4.78, 5) is 12.6. The van der Waals surface area contributed by atoms with Crippen molar-refractivity contribution in [2.24, 2.45) is 0 Å². The summed E-state index contributed by atoms with van der Waals surface area (Å²) in [6.07, 6.45) is 0. The van der Waals surface area contributed by atoms with Gasteiger partial charge in [0.25, 0.3) is 0 Å². The van der Waals surface area contributed by atoms with Crippen molar-refractivity contribution in [1.82, 2.24) is 14.9 Å². The van der Waals surface area contributed by atoms with Crippen molar-refractivity contribution >= 4 is 23.4 Å². The van der Waals surface area contributed by atoms with Gasteiger partial charge < -0.3 is 20.6 Å². The number of aromatic nitrogens is 3. The van der Waals surface area contributed by atoms with E-state index in [0.29, 0.717) is 22.3 Å². The molecule has 0 spiro atoms. The Labute approximate surface area is 171 Å². The fourth-order valence-corrected chi connectivity index (χ4v) is 3.32. The zero-order valence-corrected chi connectivity index (χ0v) is 16.9. The van der Waals surface area contributed by atoms with Gasteiger partial charge in [0.15, 0.2) is 17.3 Å². The van der Waals surface area contributed by atoms with Gasteiger partial charge in [-0.25, -0.2) is 9.07 Å². The summed E-state index contributed by atoms with van der Waals surface area (Å²) in [5, 5.41) is 10.5. The summed E-state index contributed by atoms with van der Waals surface area (Å²) >= 11 is 1.11. The number of nitrogen functional groups attached to an aromatic ring is 1. The highest BCUT2D eigenvalue weighted by Crippen LogP contribution is 2.31. The third-order valence-electron chi connectivity index (χ3n) is 4.08. The van der Waals surface area contributed by atoms with Gasteiger partial charge in [0.2, 0.25) is 11.1 Å². The van der Waals surface area contributed by atoms with E-state index in [2.05, 4.69) is 15.5 Å². The summed E-state index contributed by atoms with van der Waals surface area (Å²) in [6.45, 7) is 1.71. The number of thioether (sulfide) groups is 1. The average molecular weight is 417 g/mol. The minimum absolute atomic E-state index is 0.179. The van der Waals surface area contributed by atoms with Crippen LogP contribution in [0.25, 0.3) is 11.4 Å². The van der Waals surface area contributed by atoms with Gasteiger partial charge in [-0.15, -0.1) is 10.2 Å². The molecule has 0 unspecified atom stereocenters. The number of carbonyl (C=O) groups is 1. The van der Waals surface area contributed by atoms with E-state index in [1.165, 1.54) is 25.0 Å². The zero-order valence-electron chi connectivity index (χ0n) is 16.0. The molecule has 152 valence electrons. The van der Waals surface area contributed by atoms with Gasteiger partial charge in [-0.2, -0.15) is 0 Å². The SMILES string of the molecule is COc1ccc(NC(=O)[C@@H](C)Sc2nnc(-c3ccccc3F)n2N)cc1OC. The summed E-state index contributed by atoms with van der Waals surface area (Å²) < 4.78 is 25.6. The lowest BCUT2D eigenvalue weighted by Gasteiger charge is -2.13. The van der Waals surface area contributed by atoms with Crippen LogP contribution in [0, 0.1) is 5.82 Å². The highest BCUT2D eigenvalue weighted by molar-refractivity contribution is 8.00. The van der Waals surface area contributed by atoms with Crippen LogP contribution >= 0.6 is 11.8 Å². The molecular weight excluding hydrogens is 397 g/mol. The molecule has 1 amide bonds. The zero-order chi connectivity index (χ0) is 21.0. The monoisotopic (exact) mass is 417 g/mol. The summed E-state index contributed by atoms with van der Waals surface area (Å²) in [5.74, 6) is 6.54. The van der Waals surface area contributed by atoms with Gasteiger partial charge in [0, 0.05) is 11.8 Å². The number of rotatable bonds is 7. The van der Waals surface area contributed by atoms with E-state index in [0.717, 1.165) is 11.8 Å². The minimum Gasteiger partial charge on any atom is -0.493 e. The Morgan fingerprint density at radius 1 is 1.17 bits per heavy atom. The van der Waals surface area contributed by atoms with Crippen LogP contribution in [0.1, 0.15) is 6.92 Å². The first-order chi connectivity index (χ1) is 13.9. The molecule has 0 fully saturated rings. The normalized spacial score (nSPS) is 11.7. The lowest BCUT2D eigenvalue weighted by molar-refractivity contribution is -0.115. The number of hydrogen-bond donors (Lipinski definition) is 2. The number of nitrogens with one attached hydrogen (secondary N) is 1. The molecule has 8 nitrogen and oxygen atoms in total. The molecule has 0 radical (unpaired) electrons. The molecule has 2 aromatic carbocycles. The molecule has 3 aromatic rings. The Kier molecular flexibility index (Phi) is 6.23. The quantitative estimate of drug-likeness (QED) is 0.450. The van der Waals surface area contributed by atoms with Crippen LogP contribution in [0.5, 0.6) is 11.5 Å². The highest BCUT2D eigenvalue weighted by Gasteiger charge is 2.21. The number of nitrogens with zero attached hydrogens (tertiary/aromatic N) is 3. The third-order valence-corrected chi connectivity index (χ3v) is 5.14. The second-order valence-corrected chi connectivity index (χ2v) is 7.28. The maximum absolute atomic E-state index is 14.0. The van der Waals surface area contributed by atoms with Gasteiger partial charge >= 0.3 is 0 Å². The number of benzene rings is 2. The van der Waals surface area contributed by atoms with Crippen molar-refractivity contribution in [3.05, 3.63) is 48.3 Å². The number of hydrogen-bond acceptors (Lipinski definition) is 7. The molecule has 1 aromatic heterocycles. The molecule has 0 aliphatic rings. The Balaban J connectivity index is 1.71. The molecular formula is C19H20FN5O3S. The summed E-state index contributed by atoms with van der Waals surface area (Å²) in [7, 11) is 3.05. The Hall–Kier alpha value is -3.27. The van der Waals surface area contributed by atoms with E-state index < -0.39 is 11.1 Å². The lowest BCUT2D eigenvalue weighted by Crippen LogP contribution is -2.23. The second-order valence-electron chi connectivity index (χ2n) is 5.98. The second kappa shape index (κ2) is 8.82. The van der Waals surface area contributed by atoms with E-state index in [-0.39, 0.29) is 17.3 Å². The van der Waals surface area contributed by atoms with Gasteiger partial charge in [0.05, 0.1) is 25.0 Å². The molecule has 0 bridgehead atoms. The van der Waals surface area contributed by atoms with Crippen molar-refractivity contribution in [3.8, 4) is 22.9 Å². The van der Waals surface area contributed by atoms with Gasteiger partial charge in [0.1, 0.15) is 5.82 Å². The first-order valence-electron chi connectivity index (χ1n) is 8.59. The maximum atomic E-state index is 14.0.